The lowest BCUT2D eigenvalue weighted by Crippen LogP contribution is -2.10. The van der Waals surface area contributed by atoms with Crippen LogP contribution in [0, 0.1) is 0 Å². The van der Waals surface area contributed by atoms with E-state index >= 15 is 0 Å². The summed E-state index contributed by atoms with van der Waals surface area (Å²) >= 11 is 5.81. The van der Waals surface area contributed by atoms with Gasteiger partial charge in [-0.3, -0.25) is 0 Å². The van der Waals surface area contributed by atoms with E-state index in [1.54, 1.807) is 12.1 Å². The molecule has 0 atom stereocenters. The molecule has 1 N–H and O–H groups in total. The summed E-state index contributed by atoms with van der Waals surface area (Å²) in [6.07, 6.45) is 0. The minimum atomic E-state index is -1.12. The molecule has 0 fully saturated rings. The predicted octanol–water partition coefficient (Wildman–Crippen LogP) is 1.82. The SMILES string of the molecule is COCc1c(C(=O)O)nnn1Cc1ccc(Cl)cc1. The normalized spacial score (nSPS) is 10.6. The third-order valence-corrected chi connectivity index (χ3v) is 2.82. The van der Waals surface area contributed by atoms with Crippen LogP contribution in [-0.4, -0.2) is 33.2 Å². The highest BCUT2D eigenvalue weighted by Gasteiger charge is 2.18. The summed E-state index contributed by atoms with van der Waals surface area (Å²) in [4.78, 5) is 11.0. The van der Waals surface area contributed by atoms with Gasteiger partial charge in [-0.1, -0.05) is 28.9 Å². The second-order valence-corrected chi connectivity index (χ2v) is 4.34. The summed E-state index contributed by atoms with van der Waals surface area (Å²) in [7, 11) is 1.49. The molecular weight excluding hydrogens is 270 g/mol. The molecule has 0 bridgehead atoms. The number of rotatable bonds is 5. The molecule has 0 radical (unpaired) electrons. The number of aromatic nitrogens is 3. The molecule has 7 heteroatoms. The summed E-state index contributed by atoms with van der Waals surface area (Å²) in [6, 6.07) is 7.23. The minimum absolute atomic E-state index is 0.0872. The van der Waals surface area contributed by atoms with Crippen LogP contribution >= 0.6 is 11.6 Å². The summed E-state index contributed by atoms with van der Waals surface area (Å²) in [6.45, 7) is 0.554. The average Bonchev–Trinajstić information content (AvgIpc) is 2.76. The van der Waals surface area contributed by atoms with Crippen molar-refractivity contribution in [3.05, 3.63) is 46.2 Å². The maximum Gasteiger partial charge on any atom is 0.358 e. The summed E-state index contributed by atoms with van der Waals surface area (Å²) in [5.41, 5.74) is 1.30. The van der Waals surface area contributed by atoms with Gasteiger partial charge in [-0.15, -0.1) is 5.10 Å². The van der Waals surface area contributed by atoms with Gasteiger partial charge in [0.05, 0.1) is 18.8 Å². The Morgan fingerprint density at radius 2 is 2.11 bits per heavy atom. The number of carbonyl (C=O) groups is 1. The van der Waals surface area contributed by atoms with Crippen molar-refractivity contribution >= 4 is 17.6 Å². The van der Waals surface area contributed by atoms with Gasteiger partial charge in [-0.25, -0.2) is 9.48 Å². The van der Waals surface area contributed by atoms with Gasteiger partial charge >= 0.3 is 5.97 Å². The van der Waals surface area contributed by atoms with Gasteiger partial charge in [0, 0.05) is 12.1 Å². The number of benzene rings is 1. The van der Waals surface area contributed by atoms with Gasteiger partial charge in [-0.2, -0.15) is 0 Å². The molecule has 100 valence electrons. The van der Waals surface area contributed by atoms with Gasteiger partial charge < -0.3 is 9.84 Å². The zero-order chi connectivity index (χ0) is 13.8. The van der Waals surface area contributed by atoms with Crippen molar-refractivity contribution in [3.8, 4) is 0 Å². The number of nitrogens with zero attached hydrogens (tertiary/aromatic N) is 3. The minimum Gasteiger partial charge on any atom is -0.476 e. The first-order chi connectivity index (χ1) is 9.11. The fourth-order valence-corrected chi connectivity index (χ4v) is 1.79. The van der Waals surface area contributed by atoms with E-state index in [1.807, 2.05) is 12.1 Å². The Morgan fingerprint density at radius 3 is 2.68 bits per heavy atom. The number of halogens is 1. The molecule has 0 aliphatic carbocycles. The number of hydrogen-bond acceptors (Lipinski definition) is 4. The fraction of sp³-hybridized carbons (Fsp3) is 0.250. The molecule has 0 unspecified atom stereocenters. The largest absolute Gasteiger partial charge is 0.476 e. The second-order valence-electron chi connectivity index (χ2n) is 3.91. The van der Waals surface area contributed by atoms with Crippen LogP contribution in [0.2, 0.25) is 5.02 Å². The molecule has 0 aliphatic rings. The second kappa shape index (κ2) is 5.81. The zero-order valence-electron chi connectivity index (χ0n) is 10.2. The lowest BCUT2D eigenvalue weighted by atomic mass is 10.2. The van der Waals surface area contributed by atoms with Crippen molar-refractivity contribution in [2.45, 2.75) is 13.2 Å². The highest BCUT2D eigenvalue weighted by atomic mass is 35.5. The van der Waals surface area contributed by atoms with E-state index in [-0.39, 0.29) is 12.3 Å². The Balaban J connectivity index is 2.29. The monoisotopic (exact) mass is 281 g/mol. The first-order valence-electron chi connectivity index (χ1n) is 5.51. The molecule has 0 aliphatic heterocycles. The van der Waals surface area contributed by atoms with Crippen LogP contribution in [0.5, 0.6) is 0 Å². The van der Waals surface area contributed by atoms with Gasteiger partial charge in [0.1, 0.15) is 0 Å². The van der Waals surface area contributed by atoms with Crippen LogP contribution in [0.15, 0.2) is 24.3 Å². The van der Waals surface area contributed by atoms with Crippen molar-refractivity contribution in [1.29, 1.82) is 0 Å². The van der Waals surface area contributed by atoms with Gasteiger partial charge in [-0.05, 0) is 17.7 Å². The number of hydrogen-bond donors (Lipinski definition) is 1. The van der Waals surface area contributed by atoms with E-state index in [0.717, 1.165) is 5.56 Å². The number of carboxylic acid groups (broad SMARTS) is 1. The molecular formula is C12H12ClN3O3. The summed E-state index contributed by atoms with van der Waals surface area (Å²) in [5.74, 6) is -1.12. The molecule has 6 nitrogen and oxygen atoms in total. The fourth-order valence-electron chi connectivity index (χ4n) is 1.67. The molecule has 0 spiro atoms. The lowest BCUT2D eigenvalue weighted by molar-refractivity contribution is 0.0684. The Morgan fingerprint density at radius 1 is 1.42 bits per heavy atom. The van der Waals surface area contributed by atoms with Crippen molar-refractivity contribution in [1.82, 2.24) is 15.0 Å². The number of aromatic carboxylic acids is 1. The van der Waals surface area contributed by atoms with E-state index in [0.29, 0.717) is 17.3 Å². The lowest BCUT2D eigenvalue weighted by Gasteiger charge is -2.06. The first kappa shape index (κ1) is 13.5. The van der Waals surface area contributed by atoms with Crippen LogP contribution in [0.25, 0.3) is 0 Å². The smallest absolute Gasteiger partial charge is 0.358 e. The van der Waals surface area contributed by atoms with E-state index in [9.17, 15) is 4.79 Å². The maximum atomic E-state index is 11.0. The van der Waals surface area contributed by atoms with Crippen LogP contribution in [0.4, 0.5) is 0 Å². The van der Waals surface area contributed by atoms with Gasteiger partial charge in [0.25, 0.3) is 0 Å². The Bertz CT molecular complexity index is 580. The number of methoxy groups -OCH3 is 1. The van der Waals surface area contributed by atoms with Crippen molar-refractivity contribution in [2.75, 3.05) is 7.11 Å². The van der Waals surface area contributed by atoms with E-state index in [2.05, 4.69) is 10.3 Å². The van der Waals surface area contributed by atoms with Crippen molar-refractivity contribution in [3.63, 3.8) is 0 Å². The van der Waals surface area contributed by atoms with Crippen LogP contribution < -0.4 is 0 Å². The van der Waals surface area contributed by atoms with E-state index in [1.165, 1.54) is 11.8 Å². The highest BCUT2D eigenvalue weighted by Crippen LogP contribution is 2.13. The zero-order valence-corrected chi connectivity index (χ0v) is 11.0. The van der Waals surface area contributed by atoms with E-state index in [4.69, 9.17) is 21.4 Å². The molecule has 1 aromatic heterocycles. The third-order valence-electron chi connectivity index (χ3n) is 2.57. The Hall–Kier alpha value is -1.92. The molecule has 2 aromatic rings. The van der Waals surface area contributed by atoms with E-state index < -0.39 is 5.97 Å². The number of carboxylic acids is 1. The topological polar surface area (TPSA) is 77.2 Å². The first-order valence-corrected chi connectivity index (χ1v) is 5.88. The van der Waals surface area contributed by atoms with Crippen LogP contribution in [0.1, 0.15) is 21.7 Å². The standard InChI is InChI=1S/C12H12ClN3O3/c1-19-7-10-11(12(17)18)14-15-16(10)6-8-2-4-9(13)5-3-8/h2-5H,6-7H2,1H3,(H,17,18). The summed E-state index contributed by atoms with van der Waals surface area (Å²) in [5, 5.41) is 17.2. The highest BCUT2D eigenvalue weighted by molar-refractivity contribution is 6.30. The molecule has 1 heterocycles. The quantitative estimate of drug-likeness (QED) is 0.904. The molecule has 0 saturated carbocycles. The third kappa shape index (κ3) is 3.10. The van der Waals surface area contributed by atoms with Gasteiger partial charge in [0.2, 0.25) is 0 Å². The average molecular weight is 282 g/mol. The molecule has 19 heavy (non-hydrogen) atoms. The maximum absolute atomic E-state index is 11.0. The van der Waals surface area contributed by atoms with Crippen molar-refractivity contribution in [2.24, 2.45) is 0 Å². The molecule has 0 amide bonds. The summed E-state index contributed by atoms with van der Waals surface area (Å²) < 4.78 is 6.50. The van der Waals surface area contributed by atoms with Gasteiger partial charge in [0.15, 0.2) is 5.69 Å². The predicted molar refractivity (Wildman–Crippen MR) is 68.2 cm³/mol. The van der Waals surface area contributed by atoms with Crippen LogP contribution in [0.3, 0.4) is 0 Å². The van der Waals surface area contributed by atoms with Crippen molar-refractivity contribution < 1.29 is 14.6 Å². The Labute approximate surface area is 114 Å². The Kier molecular flexibility index (Phi) is 4.13. The number of ether oxygens (including phenoxy) is 1. The molecule has 0 saturated heterocycles. The molecule has 2 rings (SSSR count). The van der Waals surface area contributed by atoms with Crippen LogP contribution in [-0.2, 0) is 17.9 Å². The molecule has 1 aromatic carbocycles.